The topological polar surface area (TPSA) is 170 Å². The first kappa shape index (κ1) is 22.3. The molecule has 0 saturated carbocycles. The van der Waals surface area contributed by atoms with Crippen LogP contribution in [-0.2, 0) is 24.0 Å². The van der Waals surface area contributed by atoms with Crippen molar-refractivity contribution in [3.05, 3.63) is 54.9 Å². The second kappa shape index (κ2) is 10.1. The Kier molecular flexibility index (Phi) is 6.63. The Hall–Kier alpha value is -4.94. The van der Waals surface area contributed by atoms with Gasteiger partial charge in [-0.2, -0.15) is 0 Å². The fourth-order valence-corrected chi connectivity index (χ4v) is 2.77. The summed E-state index contributed by atoms with van der Waals surface area (Å²) in [6.45, 7) is 0. The van der Waals surface area contributed by atoms with Gasteiger partial charge in [0.25, 0.3) is 11.8 Å². The van der Waals surface area contributed by atoms with Crippen molar-refractivity contribution in [1.29, 1.82) is 0 Å². The van der Waals surface area contributed by atoms with Crippen LogP contribution < -0.4 is 5.32 Å². The zero-order valence-corrected chi connectivity index (χ0v) is 17.5. The van der Waals surface area contributed by atoms with Gasteiger partial charge in [0.05, 0.1) is 11.9 Å². The number of imide groups is 1. The average molecular weight is 460 g/mol. The third-order valence-corrected chi connectivity index (χ3v) is 4.40. The lowest BCUT2D eigenvalue weighted by molar-refractivity contribution is -0.196. The van der Waals surface area contributed by atoms with E-state index in [0.717, 1.165) is 12.2 Å². The molecule has 1 N–H and O–H groups in total. The highest BCUT2D eigenvalue weighted by atomic mass is 16.7. The van der Waals surface area contributed by atoms with Crippen LogP contribution >= 0.6 is 0 Å². The molecule has 0 bridgehead atoms. The molecule has 13 heteroatoms. The van der Waals surface area contributed by atoms with Gasteiger partial charge in [-0.25, -0.2) is 4.79 Å². The molecule has 0 spiro atoms. The van der Waals surface area contributed by atoms with Gasteiger partial charge in [0.15, 0.2) is 0 Å². The van der Waals surface area contributed by atoms with E-state index in [1.165, 1.54) is 6.20 Å². The summed E-state index contributed by atoms with van der Waals surface area (Å²) in [7, 11) is 0. The van der Waals surface area contributed by atoms with Crippen LogP contribution in [0.3, 0.4) is 0 Å². The van der Waals surface area contributed by atoms with Gasteiger partial charge < -0.3 is 10.2 Å². The Balaban J connectivity index is 1.24. The van der Waals surface area contributed by atoms with Crippen LogP contribution in [0.1, 0.15) is 19.3 Å². The summed E-state index contributed by atoms with van der Waals surface area (Å²) < 4.78 is 0. The minimum atomic E-state index is -0.791. The van der Waals surface area contributed by atoms with E-state index in [1.807, 2.05) is 0 Å². The maximum absolute atomic E-state index is 12.1. The number of rotatable bonds is 8. The largest absolute Gasteiger partial charge is 0.333 e. The molecule has 3 aromatic heterocycles. The zero-order valence-electron chi connectivity index (χ0n) is 17.5. The number of carbonyl (C=O) groups is 4. The molecule has 0 saturated heterocycles. The van der Waals surface area contributed by atoms with Gasteiger partial charge >= 0.3 is 5.97 Å². The predicted molar refractivity (Wildman–Crippen MR) is 114 cm³/mol. The number of nitrogens with zero attached hydrogens (tertiary/aromatic N) is 7. The third kappa shape index (κ3) is 5.45. The van der Waals surface area contributed by atoms with Crippen molar-refractivity contribution in [1.82, 2.24) is 35.4 Å². The second-order valence-electron chi connectivity index (χ2n) is 6.86. The van der Waals surface area contributed by atoms with Gasteiger partial charge in [0.2, 0.25) is 17.6 Å². The van der Waals surface area contributed by atoms with Gasteiger partial charge in [0, 0.05) is 31.2 Å². The first-order chi connectivity index (χ1) is 16.5. The van der Waals surface area contributed by atoms with E-state index < -0.39 is 17.8 Å². The van der Waals surface area contributed by atoms with Crippen molar-refractivity contribution >= 4 is 29.4 Å². The summed E-state index contributed by atoms with van der Waals surface area (Å²) in [6, 6.07) is 8.53. The van der Waals surface area contributed by atoms with Gasteiger partial charge in [-0.1, -0.05) is 11.1 Å². The minimum Gasteiger partial charge on any atom is -0.330 e. The molecule has 0 atom stereocenters. The van der Waals surface area contributed by atoms with E-state index in [-0.39, 0.29) is 36.8 Å². The van der Waals surface area contributed by atoms with Crippen LogP contribution in [-0.4, -0.2) is 59.1 Å². The maximum Gasteiger partial charge on any atom is 0.333 e. The van der Waals surface area contributed by atoms with E-state index in [9.17, 15) is 19.2 Å². The zero-order chi connectivity index (χ0) is 23.9. The molecule has 13 nitrogen and oxygen atoms in total. The molecular weight excluding hydrogens is 444 g/mol. The molecule has 3 aromatic rings. The maximum atomic E-state index is 12.1. The fraction of sp³-hybridized carbons (Fsp3) is 0.143. The average Bonchev–Trinajstić information content (AvgIpc) is 3.17. The molecule has 170 valence electrons. The monoisotopic (exact) mass is 460 g/mol. The molecule has 0 fully saturated rings. The van der Waals surface area contributed by atoms with Crippen LogP contribution in [0.2, 0.25) is 0 Å². The van der Waals surface area contributed by atoms with Crippen molar-refractivity contribution in [3.63, 3.8) is 0 Å². The highest BCUT2D eigenvalue weighted by Gasteiger charge is 2.27. The number of pyridine rings is 2. The molecule has 4 rings (SSSR count). The number of hydrogen-bond acceptors (Lipinski definition) is 11. The standard InChI is InChI=1S/C21H16N8O5/c30-16(5-3-6-19(33)34-29-17(31)9-10-18(29)32)24-13-7-8-15(23-12-13)21-27-25-20(26-28-21)14-4-1-2-11-22-14/h1-2,4,7-12H,3,5-6H2,(H,24,30). The number of aromatic nitrogens is 6. The number of hydrogen-bond donors (Lipinski definition) is 1. The van der Waals surface area contributed by atoms with Crippen LogP contribution in [0.5, 0.6) is 0 Å². The van der Waals surface area contributed by atoms with Gasteiger partial charge in [-0.3, -0.25) is 24.4 Å². The highest BCUT2D eigenvalue weighted by molar-refractivity contribution is 6.12. The van der Waals surface area contributed by atoms with Crippen LogP contribution in [0.15, 0.2) is 54.9 Å². The molecule has 0 aliphatic carbocycles. The van der Waals surface area contributed by atoms with E-state index in [0.29, 0.717) is 22.1 Å². The molecule has 0 aromatic carbocycles. The number of nitrogens with one attached hydrogen (secondary N) is 1. The van der Waals surface area contributed by atoms with E-state index >= 15 is 0 Å². The molecule has 0 unspecified atom stereocenters. The second-order valence-corrected chi connectivity index (χ2v) is 6.86. The Labute approximate surface area is 191 Å². The lowest BCUT2D eigenvalue weighted by Crippen LogP contribution is -2.32. The highest BCUT2D eigenvalue weighted by Crippen LogP contribution is 2.15. The molecule has 1 aliphatic heterocycles. The predicted octanol–water partition coefficient (Wildman–Crippen LogP) is 0.883. The summed E-state index contributed by atoms with van der Waals surface area (Å²) in [5.41, 5.74) is 1.39. The molecular formula is C21H16N8O5. The van der Waals surface area contributed by atoms with Crippen molar-refractivity contribution in [3.8, 4) is 23.0 Å². The Morgan fingerprint density at radius 3 is 2.12 bits per heavy atom. The van der Waals surface area contributed by atoms with Crippen molar-refractivity contribution < 1.29 is 24.0 Å². The minimum absolute atomic E-state index is 0.0168. The summed E-state index contributed by atoms with van der Waals surface area (Å²) in [4.78, 5) is 59.6. The SMILES string of the molecule is O=C(CCCC(=O)ON1C(=O)C=CC1=O)Nc1ccc(-c2nnc(-c3ccccn3)nn2)nc1. The Bertz CT molecular complexity index is 1230. The lowest BCUT2D eigenvalue weighted by atomic mass is 10.2. The molecule has 4 heterocycles. The summed E-state index contributed by atoms with van der Waals surface area (Å²) >= 11 is 0. The Morgan fingerprint density at radius 1 is 0.853 bits per heavy atom. The van der Waals surface area contributed by atoms with Gasteiger partial charge in [-0.15, -0.1) is 20.4 Å². The van der Waals surface area contributed by atoms with E-state index in [4.69, 9.17) is 0 Å². The molecule has 1 aliphatic rings. The van der Waals surface area contributed by atoms with E-state index in [2.05, 4.69) is 40.5 Å². The quantitative estimate of drug-likeness (QED) is 0.473. The smallest absolute Gasteiger partial charge is 0.330 e. The Morgan fingerprint density at radius 2 is 1.53 bits per heavy atom. The van der Waals surface area contributed by atoms with Crippen molar-refractivity contribution in [2.24, 2.45) is 0 Å². The third-order valence-electron chi connectivity index (χ3n) is 4.40. The number of anilines is 1. The van der Waals surface area contributed by atoms with Gasteiger partial charge in [0.1, 0.15) is 11.4 Å². The first-order valence-corrected chi connectivity index (χ1v) is 10.0. The van der Waals surface area contributed by atoms with Crippen LogP contribution in [0.4, 0.5) is 5.69 Å². The van der Waals surface area contributed by atoms with Crippen LogP contribution in [0.25, 0.3) is 23.0 Å². The summed E-state index contributed by atoms with van der Waals surface area (Å²) in [5, 5.41) is 19.1. The fourth-order valence-electron chi connectivity index (χ4n) is 2.77. The number of hydroxylamine groups is 2. The number of carbonyl (C=O) groups excluding carboxylic acids is 4. The summed E-state index contributed by atoms with van der Waals surface area (Å²) in [6.07, 6.45) is 5.07. The van der Waals surface area contributed by atoms with Gasteiger partial charge in [-0.05, 0) is 30.7 Å². The van der Waals surface area contributed by atoms with E-state index in [1.54, 1.807) is 36.5 Å². The lowest BCUT2D eigenvalue weighted by Gasteiger charge is -2.12. The normalized spacial score (nSPS) is 12.6. The van der Waals surface area contributed by atoms with Crippen LogP contribution in [0, 0.1) is 0 Å². The first-order valence-electron chi connectivity index (χ1n) is 10.0. The molecule has 0 radical (unpaired) electrons. The van der Waals surface area contributed by atoms with Crippen molar-refractivity contribution in [2.45, 2.75) is 19.3 Å². The number of amides is 3. The molecule has 34 heavy (non-hydrogen) atoms. The molecule has 3 amide bonds. The van der Waals surface area contributed by atoms with Crippen molar-refractivity contribution in [2.75, 3.05) is 5.32 Å². The summed E-state index contributed by atoms with van der Waals surface area (Å²) in [5.74, 6) is -2.10.